The van der Waals surface area contributed by atoms with Crippen LogP contribution in [-0.2, 0) is 5.41 Å². The molecule has 8 rings (SSSR count). The van der Waals surface area contributed by atoms with Crippen molar-refractivity contribution in [1.29, 1.82) is 0 Å². The van der Waals surface area contributed by atoms with Crippen molar-refractivity contribution in [3.8, 4) is 16.8 Å². The van der Waals surface area contributed by atoms with E-state index in [1.165, 1.54) is 81.0 Å². The third-order valence-electron chi connectivity index (χ3n) is 8.46. The Hall–Kier alpha value is -3.88. The first-order valence-corrected chi connectivity index (χ1v) is 13.8. The van der Waals surface area contributed by atoms with Crippen LogP contribution in [0.5, 0.6) is 0 Å². The van der Waals surface area contributed by atoms with E-state index in [0.29, 0.717) is 0 Å². The summed E-state index contributed by atoms with van der Waals surface area (Å²) >= 11 is 1.88. The van der Waals surface area contributed by atoms with Gasteiger partial charge in [-0.1, -0.05) is 67.4 Å². The molecular weight excluding hydrogens is 466 g/mol. The van der Waals surface area contributed by atoms with Gasteiger partial charge in [-0.05, 0) is 84.6 Å². The van der Waals surface area contributed by atoms with Gasteiger partial charge in [0.2, 0.25) is 0 Å². The molecule has 3 heterocycles. The molecule has 0 radical (unpaired) electrons. The first kappa shape index (κ1) is 21.2. The predicted molar refractivity (Wildman–Crippen MR) is 161 cm³/mol. The number of fused-ring (bicyclic) bond motifs is 8. The molecule has 37 heavy (non-hydrogen) atoms. The van der Waals surface area contributed by atoms with E-state index in [1.54, 1.807) is 0 Å². The average Bonchev–Trinajstić information content (AvgIpc) is 3.42. The number of thiophene rings is 1. The molecule has 0 unspecified atom stereocenters. The first-order chi connectivity index (χ1) is 17.9. The van der Waals surface area contributed by atoms with Gasteiger partial charge in [-0.15, -0.1) is 11.3 Å². The van der Waals surface area contributed by atoms with Crippen LogP contribution in [0, 0.1) is 13.8 Å². The van der Waals surface area contributed by atoms with E-state index in [4.69, 9.17) is 0 Å². The normalized spacial score (nSPS) is 14.2. The van der Waals surface area contributed by atoms with E-state index in [-0.39, 0.29) is 5.41 Å². The molecule has 0 spiro atoms. The fourth-order valence-corrected chi connectivity index (χ4v) is 7.68. The Kier molecular flexibility index (Phi) is 4.08. The molecule has 0 fully saturated rings. The lowest BCUT2D eigenvalue weighted by Crippen LogP contribution is -2.26. The van der Waals surface area contributed by atoms with E-state index in [0.717, 1.165) is 0 Å². The molecule has 1 aliphatic heterocycles. The van der Waals surface area contributed by atoms with E-state index < -0.39 is 0 Å². The van der Waals surface area contributed by atoms with Gasteiger partial charge < -0.3 is 4.57 Å². The Balaban J connectivity index is 1.42. The van der Waals surface area contributed by atoms with Crippen molar-refractivity contribution in [1.82, 2.24) is 4.57 Å². The summed E-state index contributed by atoms with van der Waals surface area (Å²) in [5.74, 6) is 0. The van der Waals surface area contributed by atoms with Crippen molar-refractivity contribution in [2.75, 3.05) is 0 Å². The van der Waals surface area contributed by atoms with Crippen molar-refractivity contribution in [3.05, 3.63) is 113 Å². The zero-order valence-corrected chi connectivity index (χ0v) is 22.3. The van der Waals surface area contributed by atoms with E-state index >= 15 is 0 Å². The number of benzene rings is 5. The molecule has 1 aliphatic rings. The minimum absolute atomic E-state index is 0.103. The van der Waals surface area contributed by atoms with Crippen LogP contribution < -0.4 is 0 Å². The number of aromatic nitrogens is 1. The van der Waals surface area contributed by atoms with Crippen LogP contribution >= 0.6 is 11.3 Å². The van der Waals surface area contributed by atoms with Gasteiger partial charge in [0.1, 0.15) is 0 Å². The number of nitrogens with zero attached hydrogens (tertiary/aromatic N) is 1. The monoisotopic (exact) mass is 493 g/mol. The minimum atomic E-state index is -0.103. The van der Waals surface area contributed by atoms with E-state index in [1.807, 2.05) is 11.3 Å². The Morgan fingerprint density at radius 3 is 2.24 bits per heavy atom. The second-order valence-corrected chi connectivity index (χ2v) is 12.3. The Morgan fingerprint density at radius 1 is 0.595 bits per heavy atom. The largest absolute Gasteiger partial charge is 0.309 e. The molecule has 0 atom stereocenters. The molecule has 2 heteroatoms. The minimum Gasteiger partial charge on any atom is -0.309 e. The van der Waals surface area contributed by atoms with Crippen LogP contribution in [0.1, 0.15) is 36.1 Å². The van der Waals surface area contributed by atoms with Gasteiger partial charge in [-0.2, -0.15) is 0 Å². The highest BCUT2D eigenvalue weighted by Crippen LogP contribution is 2.49. The van der Waals surface area contributed by atoms with Crippen LogP contribution in [0.3, 0.4) is 0 Å². The maximum Gasteiger partial charge on any atom is 0.0582 e. The lowest BCUT2D eigenvalue weighted by atomic mass is 9.73. The third kappa shape index (κ3) is 2.79. The summed E-state index contributed by atoms with van der Waals surface area (Å²) in [6.07, 6.45) is 0. The van der Waals surface area contributed by atoms with Crippen LogP contribution in [-0.4, -0.2) is 4.57 Å². The summed E-state index contributed by atoms with van der Waals surface area (Å²) < 4.78 is 5.22. The summed E-state index contributed by atoms with van der Waals surface area (Å²) in [7, 11) is 0. The van der Waals surface area contributed by atoms with Crippen molar-refractivity contribution in [2.24, 2.45) is 0 Å². The molecule has 0 saturated heterocycles. The number of hydrogen-bond donors (Lipinski definition) is 0. The van der Waals surface area contributed by atoms with Crippen LogP contribution in [0.4, 0.5) is 0 Å². The van der Waals surface area contributed by atoms with Gasteiger partial charge in [-0.3, -0.25) is 0 Å². The van der Waals surface area contributed by atoms with Gasteiger partial charge in [0.25, 0.3) is 0 Å². The second kappa shape index (κ2) is 7.12. The van der Waals surface area contributed by atoms with Crippen LogP contribution in [0.2, 0.25) is 0 Å². The smallest absolute Gasteiger partial charge is 0.0582 e. The standard InChI is InChI=1S/C35H27NS/c1-20-9-12-30-25(15-20)27-16-21(2)17-29-34(27)36(30)31-13-10-23(19-28(31)35(29,3)4)22-11-14-33-26(18-22)24-7-5-6-8-32(24)37-33/h5-19H,1-4H3. The van der Waals surface area contributed by atoms with Crippen molar-refractivity contribution in [3.63, 3.8) is 0 Å². The number of aryl methyl sites for hydroxylation is 2. The Morgan fingerprint density at radius 2 is 1.35 bits per heavy atom. The first-order valence-electron chi connectivity index (χ1n) is 13.0. The lowest BCUT2D eigenvalue weighted by molar-refractivity contribution is 0.630. The molecule has 0 N–H and O–H groups in total. The zero-order valence-electron chi connectivity index (χ0n) is 21.5. The molecule has 5 aromatic carbocycles. The van der Waals surface area contributed by atoms with E-state index in [9.17, 15) is 0 Å². The SMILES string of the molecule is Cc1ccc2c(c1)c1cc(C)cc3c1n2-c1ccc(-c2ccc4sc5ccccc5c4c2)cc1C3(C)C. The highest BCUT2D eigenvalue weighted by atomic mass is 32.1. The second-order valence-electron chi connectivity index (χ2n) is 11.2. The summed E-state index contributed by atoms with van der Waals surface area (Å²) in [5, 5.41) is 5.42. The maximum absolute atomic E-state index is 2.51. The highest BCUT2D eigenvalue weighted by Gasteiger charge is 2.35. The van der Waals surface area contributed by atoms with Crippen LogP contribution in [0.25, 0.3) is 58.8 Å². The quantitative estimate of drug-likeness (QED) is 0.214. The number of hydrogen-bond acceptors (Lipinski definition) is 1. The average molecular weight is 494 g/mol. The molecule has 2 aromatic heterocycles. The molecule has 0 amide bonds. The van der Waals surface area contributed by atoms with Gasteiger partial charge >= 0.3 is 0 Å². The molecule has 0 aliphatic carbocycles. The summed E-state index contributed by atoms with van der Waals surface area (Å²) in [5.41, 5.74) is 11.9. The molecule has 1 nitrogen and oxygen atoms in total. The maximum atomic E-state index is 2.51. The van der Waals surface area contributed by atoms with Gasteiger partial charge in [0.05, 0.1) is 16.7 Å². The molecule has 7 aromatic rings. The third-order valence-corrected chi connectivity index (χ3v) is 9.61. The van der Waals surface area contributed by atoms with Crippen molar-refractivity contribution >= 4 is 53.3 Å². The Labute approximate surface area is 220 Å². The van der Waals surface area contributed by atoms with E-state index in [2.05, 4.69) is 123 Å². The summed E-state index contributed by atoms with van der Waals surface area (Å²) in [6, 6.07) is 34.5. The van der Waals surface area contributed by atoms with Crippen molar-refractivity contribution < 1.29 is 0 Å². The van der Waals surface area contributed by atoms with Gasteiger partial charge in [0, 0.05) is 36.4 Å². The number of rotatable bonds is 1. The predicted octanol–water partition coefficient (Wildman–Crippen LogP) is 10.1. The van der Waals surface area contributed by atoms with Gasteiger partial charge in [-0.25, -0.2) is 0 Å². The van der Waals surface area contributed by atoms with Crippen molar-refractivity contribution in [2.45, 2.75) is 33.1 Å². The molecule has 0 bridgehead atoms. The zero-order chi connectivity index (χ0) is 25.1. The lowest BCUT2D eigenvalue weighted by Gasteiger charge is -2.35. The Bertz CT molecular complexity index is 2080. The topological polar surface area (TPSA) is 4.93 Å². The molecule has 0 saturated carbocycles. The molecular formula is C35H27NS. The summed E-state index contributed by atoms with van der Waals surface area (Å²) in [4.78, 5) is 0. The fourth-order valence-electron chi connectivity index (χ4n) is 6.59. The van der Waals surface area contributed by atoms with Gasteiger partial charge in [0.15, 0.2) is 0 Å². The summed E-state index contributed by atoms with van der Waals surface area (Å²) in [6.45, 7) is 9.21. The highest BCUT2D eigenvalue weighted by molar-refractivity contribution is 7.25. The molecule has 178 valence electrons. The fraction of sp³-hybridized carbons (Fsp3) is 0.143. The van der Waals surface area contributed by atoms with Crippen LogP contribution in [0.15, 0.2) is 91.0 Å².